The number of aromatic nitrogens is 1. The first-order valence-electron chi connectivity index (χ1n) is 4.87. The van der Waals surface area contributed by atoms with Crippen LogP contribution in [0.15, 0.2) is 9.72 Å². The number of thiazole rings is 1. The molecule has 0 radical (unpaired) electrons. The van der Waals surface area contributed by atoms with Gasteiger partial charge in [0.05, 0.1) is 5.60 Å². The van der Waals surface area contributed by atoms with E-state index in [-0.39, 0.29) is 0 Å². The van der Waals surface area contributed by atoms with E-state index in [1.807, 2.05) is 26.2 Å². The third-order valence-corrected chi connectivity index (χ3v) is 4.79. The van der Waals surface area contributed by atoms with Crippen LogP contribution in [0.3, 0.4) is 0 Å². The highest BCUT2D eigenvalue weighted by Crippen LogP contribution is 2.28. The molecule has 0 amide bonds. The summed E-state index contributed by atoms with van der Waals surface area (Å²) in [5, 5.41) is 12.1. The topological polar surface area (TPSA) is 33.1 Å². The molecule has 0 atom stereocenters. The van der Waals surface area contributed by atoms with Gasteiger partial charge in [-0.2, -0.15) is 0 Å². The summed E-state index contributed by atoms with van der Waals surface area (Å²) in [6.45, 7) is 6.04. The van der Waals surface area contributed by atoms with Crippen LogP contribution in [0.1, 0.15) is 32.4 Å². The summed E-state index contributed by atoms with van der Waals surface area (Å²) >= 11 is 3.31. The lowest BCUT2D eigenvalue weighted by molar-refractivity contribution is 0.0572. The van der Waals surface area contributed by atoms with Gasteiger partial charge in [0.2, 0.25) is 0 Å². The lowest BCUT2D eigenvalue weighted by Gasteiger charge is -2.23. The first-order chi connectivity index (χ1) is 6.59. The van der Waals surface area contributed by atoms with Crippen LogP contribution < -0.4 is 0 Å². The highest BCUT2D eigenvalue weighted by Gasteiger charge is 2.22. The molecule has 0 aliphatic heterocycles. The molecule has 0 saturated heterocycles. The van der Waals surface area contributed by atoms with E-state index in [0.717, 1.165) is 28.6 Å². The van der Waals surface area contributed by atoms with E-state index in [2.05, 4.69) is 4.98 Å². The van der Waals surface area contributed by atoms with Gasteiger partial charge in [-0.25, -0.2) is 4.98 Å². The zero-order chi connectivity index (χ0) is 10.6. The summed E-state index contributed by atoms with van der Waals surface area (Å²) in [5.74, 6) is 0.743. The van der Waals surface area contributed by atoms with Crippen molar-refractivity contribution in [3.8, 4) is 0 Å². The Morgan fingerprint density at radius 1 is 1.50 bits per heavy atom. The standard InChI is InChI=1S/C10H17NOS2/c1-4-10(12,5-2)7-14-9-11-8(3)6-13-9/h6,12H,4-5,7H2,1-3H3. The lowest BCUT2D eigenvalue weighted by Crippen LogP contribution is -2.29. The summed E-state index contributed by atoms with van der Waals surface area (Å²) in [6, 6.07) is 0. The van der Waals surface area contributed by atoms with Gasteiger partial charge in [0.15, 0.2) is 0 Å². The molecule has 1 heterocycles. The second-order valence-electron chi connectivity index (χ2n) is 3.47. The first kappa shape index (κ1) is 12.0. The predicted octanol–water partition coefficient (Wildman–Crippen LogP) is 3.09. The van der Waals surface area contributed by atoms with Crippen LogP contribution >= 0.6 is 23.1 Å². The normalized spacial score (nSPS) is 12.0. The number of nitrogens with zero attached hydrogens (tertiary/aromatic N) is 1. The Morgan fingerprint density at radius 2 is 2.14 bits per heavy atom. The number of thioether (sulfide) groups is 1. The third-order valence-electron chi connectivity index (χ3n) is 2.38. The maximum atomic E-state index is 10.1. The van der Waals surface area contributed by atoms with Gasteiger partial charge in [-0.05, 0) is 19.8 Å². The number of rotatable bonds is 5. The molecule has 0 unspecified atom stereocenters. The van der Waals surface area contributed by atoms with E-state index >= 15 is 0 Å². The van der Waals surface area contributed by atoms with Crippen LogP contribution in [-0.4, -0.2) is 21.4 Å². The number of aryl methyl sites for hydroxylation is 1. The van der Waals surface area contributed by atoms with Gasteiger partial charge >= 0.3 is 0 Å². The summed E-state index contributed by atoms with van der Waals surface area (Å²) in [6.07, 6.45) is 1.61. The van der Waals surface area contributed by atoms with E-state index in [1.54, 1.807) is 23.1 Å². The van der Waals surface area contributed by atoms with Gasteiger partial charge in [-0.3, -0.25) is 0 Å². The van der Waals surface area contributed by atoms with Crippen molar-refractivity contribution >= 4 is 23.1 Å². The van der Waals surface area contributed by atoms with Gasteiger partial charge in [0, 0.05) is 16.8 Å². The average molecular weight is 231 g/mol. The Hall–Kier alpha value is -0.0600. The Morgan fingerprint density at radius 3 is 2.57 bits per heavy atom. The smallest absolute Gasteiger partial charge is 0.150 e. The van der Waals surface area contributed by atoms with Crippen LogP contribution in [0, 0.1) is 6.92 Å². The van der Waals surface area contributed by atoms with Crippen molar-refractivity contribution in [1.29, 1.82) is 0 Å². The molecule has 0 aliphatic rings. The molecule has 0 spiro atoms. The molecule has 1 N–H and O–H groups in total. The predicted molar refractivity (Wildman–Crippen MR) is 63.1 cm³/mol. The van der Waals surface area contributed by atoms with Crippen molar-refractivity contribution in [2.75, 3.05) is 5.75 Å². The summed E-state index contributed by atoms with van der Waals surface area (Å²) < 4.78 is 1.06. The minimum atomic E-state index is -0.524. The van der Waals surface area contributed by atoms with Gasteiger partial charge in [0.25, 0.3) is 0 Å². The maximum absolute atomic E-state index is 10.1. The molecule has 0 aliphatic carbocycles. The molecule has 0 aromatic carbocycles. The lowest BCUT2D eigenvalue weighted by atomic mass is 10.0. The van der Waals surface area contributed by atoms with Crippen LogP contribution in [0.4, 0.5) is 0 Å². The molecule has 1 aromatic heterocycles. The monoisotopic (exact) mass is 231 g/mol. The molecule has 0 fully saturated rings. The highest BCUT2D eigenvalue weighted by molar-refractivity contribution is 8.01. The van der Waals surface area contributed by atoms with Crippen LogP contribution in [0.2, 0.25) is 0 Å². The Bertz CT molecular complexity index is 281. The Kier molecular flexibility index (Phi) is 4.41. The average Bonchev–Trinajstić information content (AvgIpc) is 2.61. The van der Waals surface area contributed by atoms with Crippen molar-refractivity contribution in [3.05, 3.63) is 11.1 Å². The number of aliphatic hydroxyl groups is 1. The second kappa shape index (κ2) is 5.14. The maximum Gasteiger partial charge on any atom is 0.150 e. The summed E-state index contributed by atoms with van der Waals surface area (Å²) in [5.41, 5.74) is 0.540. The molecule has 4 heteroatoms. The van der Waals surface area contributed by atoms with E-state index in [1.165, 1.54) is 0 Å². The molecule has 0 bridgehead atoms. The fourth-order valence-electron chi connectivity index (χ4n) is 1.05. The molecular weight excluding hydrogens is 214 g/mol. The van der Waals surface area contributed by atoms with Gasteiger partial charge in [-0.15, -0.1) is 11.3 Å². The van der Waals surface area contributed by atoms with Crippen molar-refractivity contribution in [3.63, 3.8) is 0 Å². The molecule has 1 rings (SSSR count). The van der Waals surface area contributed by atoms with Crippen LogP contribution in [0.25, 0.3) is 0 Å². The van der Waals surface area contributed by atoms with E-state index in [9.17, 15) is 5.11 Å². The van der Waals surface area contributed by atoms with Crippen molar-refractivity contribution < 1.29 is 5.11 Å². The minimum absolute atomic E-state index is 0.524. The van der Waals surface area contributed by atoms with Crippen molar-refractivity contribution in [2.45, 2.75) is 43.6 Å². The van der Waals surface area contributed by atoms with E-state index in [0.29, 0.717) is 0 Å². The minimum Gasteiger partial charge on any atom is -0.389 e. The highest BCUT2D eigenvalue weighted by atomic mass is 32.2. The van der Waals surface area contributed by atoms with E-state index in [4.69, 9.17) is 0 Å². The van der Waals surface area contributed by atoms with E-state index < -0.39 is 5.60 Å². The number of hydrogen-bond acceptors (Lipinski definition) is 4. The largest absolute Gasteiger partial charge is 0.389 e. The number of hydrogen-bond donors (Lipinski definition) is 1. The molecular formula is C10H17NOS2. The molecule has 80 valence electrons. The van der Waals surface area contributed by atoms with Crippen LogP contribution in [0.5, 0.6) is 0 Å². The summed E-state index contributed by atoms with van der Waals surface area (Å²) in [4.78, 5) is 4.35. The Balaban J connectivity index is 2.47. The first-order valence-corrected chi connectivity index (χ1v) is 6.73. The SMILES string of the molecule is CCC(O)(CC)CSc1nc(C)cs1. The third kappa shape index (κ3) is 3.26. The van der Waals surface area contributed by atoms with Crippen molar-refractivity contribution in [1.82, 2.24) is 4.98 Å². The molecule has 14 heavy (non-hydrogen) atoms. The van der Waals surface area contributed by atoms with Crippen LogP contribution in [-0.2, 0) is 0 Å². The van der Waals surface area contributed by atoms with Gasteiger partial charge in [0.1, 0.15) is 4.34 Å². The second-order valence-corrected chi connectivity index (χ2v) is 5.56. The fourth-order valence-corrected chi connectivity index (χ4v) is 3.17. The van der Waals surface area contributed by atoms with Gasteiger partial charge in [-0.1, -0.05) is 25.6 Å². The quantitative estimate of drug-likeness (QED) is 0.791. The molecule has 1 aromatic rings. The molecule has 2 nitrogen and oxygen atoms in total. The fraction of sp³-hybridized carbons (Fsp3) is 0.700. The molecule has 0 saturated carbocycles. The zero-order valence-electron chi connectivity index (χ0n) is 8.91. The Labute approximate surface area is 93.8 Å². The van der Waals surface area contributed by atoms with Gasteiger partial charge < -0.3 is 5.11 Å². The zero-order valence-corrected chi connectivity index (χ0v) is 10.5. The van der Waals surface area contributed by atoms with Crippen molar-refractivity contribution in [2.24, 2.45) is 0 Å². The summed E-state index contributed by atoms with van der Waals surface area (Å²) in [7, 11) is 0.